The van der Waals surface area contributed by atoms with Gasteiger partial charge in [-0.3, -0.25) is 0 Å². The molecule has 152 valence electrons. The van der Waals surface area contributed by atoms with E-state index < -0.39 is 18.4 Å². The predicted octanol–water partition coefficient (Wildman–Crippen LogP) is 4.23. The number of aromatic nitrogens is 6. The largest absolute Gasteiger partial charge is 0.449 e. The number of benzene rings is 2. The van der Waals surface area contributed by atoms with Gasteiger partial charge >= 0.3 is 5.97 Å². The molecule has 11 heteroatoms. The minimum Gasteiger partial charge on any atom is -0.449 e. The van der Waals surface area contributed by atoms with Crippen LogP contribution >= 0.6 is 23.2 Å². The quantitative estimate of drug-likeness (QED) is 0.411. The molecular formula is C19H13Cl2FN6O2. The molecule has 2 unspecified atom stereocenters. The molecule has 0 saturated heterocycles. The number of halogens is 3. The lowest BCUT2D eigenvalue weighted by Crippen LogP contribution is -2.21. The van der Waals surface area contributed by atoms with E-state index in [0.717, 1.165) is 11.0 Å². The SMILES string of the molecule is O=C(OC(c1ccc(Cl)cc1Cl)C(F)n1cnc(-n2cncn2)n1)c1ccccc1. The van der Waals surface area contributed by atoms with Gasteiger partial charge in [0.15, 0.2) is 6.10 Å². The summed E-state index contributed by atoms with van der Waals surface area (Å²) in [5, 5.41) is 8.46. The van der Waals surface area contributed by atoms with Crippen molar-refractivity contribution in [2.75, 3.05) is 0 Å². The molecule has 2 aromatic heterocycles. The highest BCUT2D eigenvalue weighted by atomic mass is 35.5. The molecule has 0 saturated carbocycles. The third-order valence-corrected chi connectivity index (χ3v) is 4.70. The van der Waals surface area contributed by atoms with Crippen LogP contribution in [0.4, 0.5) is 4.39 Å². The summed E-state index contributed by atoms with van der Waals surface area (Å²) >= 11 is 12.2. The normalized spacial score (nSPS) is 13.0. The molecule has 2 heterocycles. The molecule has 0 aliphatic heterocycles. The Morgan fingerprint density at radius 2 is 1.90 bits per heavy atom. The van der Waals surface area contributed by atoms with Gasteiger partial charge in [-0.2, -0.15) is 14.8 Å². The second-order valence-electron chi connectivity index (χ2n) is 6.10. The van der Waals surface area contributed by atoms with Gasteiger partial charge in [-0.05, 0) is 24.3 Å². The number of carbonyl (C=O) groups excluding carboxylic acids is 1. The van der Waals surface area contributed by atoms with Crippen LogP contribution < -0.4 is 0 Å². The number of hydrogen-bond acceptors (Lipinski definition) is 6. The van der Waals surface area contributed by atoms with Gasteiger partial charge in [0.05, 0.1) is 5.56 Å². The zero-order chi connectivity index (χ0) is 21.1. The van der Waals surface area contributed by atoms with Crippen molar-refractivity contribution in [2.45, 2.75) is 12.4 Å². The third-order valence-electron chi connectivity index (χ3n) is 4.14. The maximum Gasteiger partial charge on any atom is 0.338 e. The number of alkyl halides is 1. The topological polar surface area (TPSA) is 87.7 Å². The Bertz CT molecular complexity index is 1150. The van der Waals surface area contributed by atoms with Gasteiger partial charge in [0.1, 0.15) is 19.0 Å². The number of rotatable bonds is 6. The molecule has 8 nitrogen and oxygen atoms in total. The number of nitrogens with zero attached hydrogens (tertiary/aromatic N) is 6. The molecule has 0 radical (unpaired) electrons. The molecule has 0 aliphatic carbocycles. The van der Waals surface area contributed by atoms with Gasteiger partial charge in [0.2, 0.25) is 6.30 Å². The molecule has 4 rings (SSSR count). The van der Waals surface area contributed by atoms with Crippen LogP contribution in [0.5, 0.6) is 0 Å². The average molecular weight is 447 g/mol. The fraction of sp³-hybridized carbons (Fsp3) is 0.105. The van der Waals surface area contributed by atoms with Crippen LogP contribution in [0.2, 0.25) is 10.0 Å². The van der Waals surface area contributed by atoms with E-state index in [1.807, 2.05) is 0 Å². The van der Waals surface area contributed by atoms with Crippen LogP contribution in [0.25, 0.3) is 5.95 Å². The van der Waals surface area contributed by atoms with Crippen molar-refractivity contribution in [3.8, 4) is 5.95 Å². The summed E-state index contributed by atoms with van der Waals surface area (Å²) in [7, 11) is 0. The minimum atomic E-state index is -1.93. The number of ether oxygens (including phenoxy) is 1. The lowest BCUT2D eigenvalue weighted by molar-refractivity contribution is -0.0177. The minimum absolute atomic E-state index is 0.102. The maximum absolute atomic E-state index is 15.5. The van der Waals surface area contributed by atoms with Crippen molar-refractivity contribution >= 4 is 29.2 Å². The standard InChI is InChI=1S/C19H13Cl2FN6O2/c20-13-6-7-14(15(21)8-13)16(30-18(29)12-4-2-1-3-5-12)17(22)27-11-24-19(26-27)28-10-23-9-25-28/h1-11,16-17H. The molecule has 2 aromatic carbocycles. The van der Waals surface area contributed by atoms with E-state index in [9.17, 15) is 4.79 Å². The van der Waals surface area contributed by atoms with E-state index in [2.05, 4.69) is 20.2 Å². The lowest BCUT2D eigenvalue weighted by atomic mass is 10.1. The highest BCUT2D eigenvalue weighted by Gasteiger charge is 2.32. The lowest BCUT2D eigenvalue weighted by Gasteiger charge is -2.23. The summed E-state index contributed by atoms with van der Waals surface area (Å²) in [6.45, 7) is 0. The molecule has 4 aromatic rings. The zero-order valence-corrected chi connectivity index (χ0v) is 16.7. The Morgan fingerprint density at radius 1 is 1.10 bits per heavy atom. The predicted molar refractivity (Wildman–Crippen MR) is 106 cm³/mol. The first-order chi connectivity index (χ1) is 14.5. The molecular weight excluding hydrogens is 434 g/mol. The number of esters is 1. The van der Waals surface area contributed by atoms with E-state index in [4.69, 9.17) is 27.9 Å². The van der Waals surface area contributed by atoms with Gasteiger partial charge in [-0.15, -0.1) is 5.10 Å². The van der Waals surface area contributed by atoms with E-state index >= 15 is 4.39 Å². The summed E-state index contributed by atoms with van der Waals surface area (Å²) in [5.74, 6) is -0.614. The molecule has 2 atom stereocenters. The van der Waals surface area contributed by atoms with Crippen LogP contribution in [0.3, 0.4) is 0 Å². The van der Waals surface area contributed by atoms with Gasteiger partial charge in [-0.25, -0.2) is 18.9 Å². The third kappa shape index (κ3) is 4.17. The Kier molecular flexibility index (Phi) is 5.73. The Balaban J connectivity index is 1.68. The van der Waals surface area contributed by atoms with Crippen molar-refractivity contribution in [2.24, 2.45) is 0 Å². The molecule has 0 N–H and O–H groups in total. The second-order valence-corrected chi connectivity index (χ2v) is 6.94. The molecule has 0 aliphatic rings. The number of carbonyl (C=O) groups is 1. The maximum atomic E-state index is 15.5. The summed E-state index contributed by atoms with van der Waals surface area (Å²) in [6, 6.07) is 12.7. The van der Waals surface area contributed by atoms with Gasteiger partial charge in [0, 0.05) is 15.6 Å². The van der Waals surface area contributed by atoms with E-state index in [1.165, 1.54) is 35.5 Å². The van der Waals surface area contributed by atoms with Gasteiger partial charge in [0.25, 0.3) is 5.95 Å². The molecule has 0 spiro atoms. The van der Waals surface area contributed by atoms with Gasteiger partial charge in [-0.1, -0.05) is 47.5 Å². The Hall–Kier alpha value is -3.30. The van der Waals surface area contributed by atoms with Crippen molar-refractivity contribution in [1.82, 2.24) is 29.5 Å². The smallest absolute Gasteiger partial charge is 0.338 e. The molecule has 0 amide bonds. The number of hydrogen-bond donors (Lipinski definition) is 0. The first-order valence-electron chi connectivity index (χ1n) is 8.64. The Labute approximate surface area is 179 Å². The van der Waals surface area contributed by atoms with Crippen molar-refractivity contribution < 1.29 is 13.9 Å². The van der Waals surface area contributed by atoms with Crippen LogP contribution in [0, 0.1) is 0 Å². The second kappa shape index (κ2) is 8.60. The van der Waals surface area contributed by atoms with Crippen molar-refractivity contribution in [3.63, 3.8) is 0 Å². The zero-order valence-electron chi connectivity index (χ0n) is 15.1. The van der Waals surface area contributed by atoms with Crippen LogP contribution in [0.1, 0.15) is 28.3 Å². The average Bonchev–Trinajstić information content (AvgIpc) is 3.44. The summed E-state index contributed by atoms with van der Waals surface area (Å²) in [4.78, 5) is 20.4. The highest BCUT2D eigenvalue weighted by Crippen LogP contribution is 2.37. The summed E-state index contributed by atoms with van der Waals surface area (Å²) < 4.78 is 23.2. The first-order valence-corrected chi connectivity index (χ1v) is 9.40. The monoisotopic (exact) mass is 446 g/mol. The van der Waals surface area contributed by atoms with Gasteiger partial charge < -0.3 is 4.74 Å². The first kappa shape index (κ1) is 20.0. The van der Waals surface area contributed by atoms with Crippen molar-refractivity contribution in [3.05, 3.63) is 88.7 Å². The van der Waals surface area contributed by atoms with Crippen molar-refractivity contribution in [1.29, 1.82) is 0 Å². The highest BCUT2D eigenvalue weighted by molar-refractivity contribution is 6.35. The van der Waals surface area contributed by atoms with E-state index in [0.29, 0.717) is 5.02 Å². The summed E-state index contributed by atoms with van der Waals surface area (Å²) in [6.07, 6.45) is 0.491. The molecule has 0 fully saturated rings. The van der Waals surface area contributed by atoms with E-state index in [1.54, 1.807) is 30.3 Å². The van der Waals surface area contributed by atoms with Crippen LogP contribution in [-0.2, 0) is 4.74 Å². The Morgan fingerprint density at radius 3 is 2.60 bits per heavy atom. The van der Waals surface area contributed by atoms with E-state index in [-0.39, 0.29) is 22.1 Å². The molecule has 0 bridgehead atoms. The van der Waals surface area contributed by atoms with Crippen LogP contribution in [0.15, 0.2) is 67.5 Å². The molecule has 30 heavy (non-hydrogen) atoms. The van der Waals surface area contributed by atoms with Crippen LogP contribution in [-0.4, -0.2) is 35.5 Å². The fourth-order valence-electron chi connectivity index (χ4n) is 2.70. The summed E-state index contributed by atoms with van der Waals surface area (Å²) in [5.41, 5.74) is 0.498. The fourth-order valence-corrected chi connectivity index (χ4v) is 3.21.